The highest BCUT2D eigenvalue weighted by atomic mass is 16.2. The molecule has 3 rings (SSSR count). The summed E-state index contributed by atoms with van der Waals surface area (Å²) in [6.07, 6.45) is 8.13. The molecule has 0 bridgehead atoms. The van der Waals surface area contributed by atoms with Crippen LogP contribution in [-0.4, -0.2) is 42.4 Å². The predicted octanol–water partition coefficient (Wildman–Crippen LogP) is 2.78. The number of hydrogen-bond acceptors (Lipinski definition) is 3. The Morgan fingerprint density at radius 3 is 2.21 bits per heavy atom. The van der Waals surface area contributed by atoms with E-state index in [1.807, 2.05) is 17.0 Å². The highest BCUT2D eigenvalue weighted by molar-refractivity contribution is 5.95. The number of nitrogens with zero attached hydrogens (tertiary/aromatic N) is 1. The van der Waals surface area contributed by atoms with Crippen LogP contribution in [0.15, 0.2) is 24.3 Å². The number of rotatable bonds is 5. The number of amides is 2. The lowest BCUT2D eigenvalue weighted by molar-refractivity contribution is -0.129. The second kappa shape index (κ2) is 8.18. The molecule has 1 aromatic carbocycles. The van der Waals surface area contributed by atoms with Gasteiger partial charge in [0.05, 0.1) is 6.54 Å². The third-order valence-electron chi connectivity index (χ3n) is 4.71. The first-order chi connectivity index (χ1) is 11.7. The van der Waals surface area contributed by atoms with E-state index in [1.54, 1.807) is 12.1 Å². The Hall–Kier alpha value is -2.04. The van der Waals surface area contributed by atoms with Gasteiger partial charge in [-0.2, -0.15) is 0 Å². The zero-order valence-corrected chi connectivity index (χ0v) is 14.2. The number of carbonyl (C=O) groups is 2. The molecule has 0 spiro atoms. The minimum absolute atomic E-state index is 0.0132. The van der Waals surface area contributed by atoms with Crippen molar-refractivity contribution in [3.63, 3.8) is 0 Å². The van der Waals surface area contributed by atoms with Crippen molar-refractivity contribution in [3.8, 4) is 0 Å². The normalized spacial score (nSPS) is 18.4. The summed E-state index contributed by atoms with van der Waals surface area (Å²) < 4.78 is 0. The minimum atomic E-state index is -0.0132. The molecule has 1 saturated carbocycles. The molecule has 1 aliphatic carbocycles. The number of anilines is 1. The molecule has 2 amide bonds. The fourth-order valence-corrected chi connectivity index (χ4v) is 3.02. The smallest absolute Gasteiger partial charge is 0.251 e. The molecular formula is C19H27N3O2. The lowest BCUT2D eigenvalue weighted by atomic mass is 10.1. The monoisotopic (exact) mass is 329 g/mol. The largest absolute Gasteiger partial charge is 0.376 e. The Labute approximate surface area is 143 Å². The Kier molecular flexibility index (Phi) is 5.72. The summed E-state index contributed by atoms with van der Waals surface area (Å²) in [6.45, 7) is 2.06. The van der Waals surface area contributed by atoms with Crippen molar-refractivity contribution in [1.29, 1.82) is 0 Å². The van der Waals surface area contributed by atoms with Gasteiger partial charge in [0.25, 0.3) is 5.91 Å². The first-order valence-corrected chi connectivity index (χ1v) is 9.15. The van der Waals surface area contributed by atoms with Crippen molar-refractivity contribution >= 4 is 17.5 Å². The highest BCUT2D eigenvalue weighted by Crippen LogP contribution is 2.19. The van der Waals surface area contributed by atoms with Gasteiger partial charge < -0.3 is 15.5 Å². The van der Waals surface area contributed by atoms with Crippen LogP contribution in [0.3, 0.4) is 0 Å². The third kappa shape index (κ3) is 4.98. The first kappa shape index (κ1) is 16.8. The molecule has 1 aliphatic heterocycles. The summed E-state index contributed by atoms with van der Waals surface area (Å²) in [5, 5.41) is 6.15. The van der Waals surface area contributed by atoms with Gasteiger partial charge in [0.2, 0.25) is 5.91 Å². The predicted molar refractivity (Wildman–Crippen MR) is 95.1 cm³/mol. The molecule has 24 heavy (non-hydrogen) atoms. The van der Waals surface area contributed by atoms with Crippen molar-refractivity contribution in [2.45, 2.75) is 51.0 Å². The fraction of sp³-hybridized carbons (Fsp3) is 0.579. The van der Waals surface area contributed by atoms with Crippen LogP contribution in [-0.2, 0) is 4.79 Å². The molecular weight excluding hydrogens is 302 g/mol. The van der Waals surface area contributed by atoms with Gasteiger partial charge in [0.15, 0.2) is 0 Å². The number of benzene rings is 1. The van der Waals surface area contributed by atoms with E-state index in [1.165, 1.54) is 19.3 Å². The second-order valence-electron chi connectivity index (χ2n) is 6.83. The topological polar surface area (TPSA) is 61.4 Å². The number of nitrogens with one attached hydrogen (secondary N) is 2. The standard InChI is InChI=1S/C19H27N3O2/c23-18(22-12-4-2-1-3-5-13-22)14-20-16-8-6-15(7-9-16)19(24)21-17-10-11-17/h6-9,17,20H,1-5,10-14H2,(H,21,24). The van der Waals surface area contributed by atoms with Crippen molar-refractivity contribution in [3.05, 3.63) is 29.8 Å². The molecule has 0 radical (unpaired) electrons. The van der Waals surface area contributed by atoms with E-state index in [2.05, 4.69) is 10.6 Å². The van der Waals surface area contributed by atoms with Crippen LogP contribution in [0.4, 0.5) is 5.69 Å². The number of hydrogen-bond donors (Lipinski definition) is 2. The molecule has 1 heterocycles. The zero-order valence-electron chi connectivity index (χ0n) is 14.2. The van der Waals surface area contributed by atoms with E-state index in [0.717, 1.165) is 44.5 Å². The third-order valence-corrected chi connectivity index (χ3v) is 4.71. The van der Waals surface area contributed by atoms with Crippen LogP contribution >= 0.6 is 0 Å². The van der Waals surface area contributed by atoms with Crippen LogP contribution < -0.4 is 10.6 Å². The Morgan fingerprint density at radius 1 is 0.958 bits per heavy atom. The average Bonchev–Trinajstić information content (AvgIpc) is 3.37. The molecule has 5 nitrogen and oxygen atoms in total. The summed E-state index contributed by atoms with van der Waals surface area (Å²) in [7, 11) is 0. The van der Waals surface area contributed by atoms with E-state index >= 15 is 0 Å². The summed E-state index contributed by atoms with van der Waals surface area (Å²) in [6, 6.07) is 7.71. The highest BCUT2D eigenvalue weighted by Gasteiger charge is 2.23. The Balaban J connectivity index is 1.46. The molecule has 0 unspecified atom stereocenters. The maximum atomic E-state index is 12.3. The second-order valence-corrected chi connectivity index (χ2v) is 6.83. The summed E-state index contributed by atoms with van der Waals surface area (Å²) in [5.41, 5.74) is 1.54. The van der Waals surface area contributed by atoms with E-state index in [-0.39, 0.29) is 11.8 Å². The molecule has 130 valence electrons. The SMILES string of the molecule is O=C(NC1CC1)c1ccc(NCC(=O)N2CCCCCCC2)cc1. The first-order valence-electron chi connectivity index (χ1n) is 9.15. The van der Waals surface area contributed by atoms with Crippen LogP contribution in [0.1, 0.15) is 55.3 Å². The molecule has 2 N–H and O–H groups in total. The van der Waals surface area contributed by atoms with Crippen LogP contribution in [0, 0.1) is 0 Å². The van der Waals surface area contributed by atoms with Gasteiger partial charge in [0.1, 0.15) is 0 Å². The van der Waals surface area contributed by atoms with E-state index in [0.29, 0.717) is 18.2 Å². The molecule has 0 atom stereocenters. The summed E-state index contributed by atoms with van der Waals surface area (Å²) in [4.78, 5) is 26.3. The van der Waals surface area contributed by atoms with Gasteiger partial charge in [-0.05, 0) is 49.9 Å². The van der Waals surface area contributed by atoms with Crippen molar-refractivity contribution in [2.75, 3.05) is 25.0 Å². The summed E-state index contributed by atoms with van der Waals surface area (Å²) >= 11 is 0. The van der Waals surface area contributed by atoms with Gasteiger partial charge >= 0.3 is 0 Å². The molecule has 1 saturated heterocycles. The number of likely N-dealkylation sites (tertiary alicyclic amines) is 1. The molecule has 2 aliphatic rings. The lowest BCUT2D eigenvalue weighted by Crippen LogP contribution is -2.37. The molecule has 5 heteroatoms. The van der Waals surface area contributed by atoms with Crippen LogP contribution in [0.5, 0.6) is 0 Å². The van der Waals surface area contributed by atoms with Gasteiger partial charge in [0, 0.05) is 30.4 Å². The van der Waals surface area contributed by atoms with E-state index < -0.39 is 0 Å². The average molecular weight is 329 g/mol. The van der Waals surface area contributed by atoms with Crippen LogP contribution in [0.25, 0.3) is 0 Å². The fourth-order valence-electron chi connectivity index (χ4n) is 3.02. The lowest BCUT2D eigenvalue weighted by Gasteiger charge is -2.25. The maximum absolute atomic E-state index is 12.3. The minimum Gasteiger partial charge on any atom is -0.376 e. The van der Waals surface area contributed by atoms with E-state index in [9.17, 15) is 9.59 Å². The Bertz CT molecular complexity index is 558. The van der Waals surface area contributed by atoms with Gasteiger partial charge in [-0.25, -0.2) is 0 Å². The quantitative estimate of drug-likeness (QED) is 0.873. The van der Waals surface area contributed by atoms with Crippen LogP contribution in [0.2, 0.25) is 0 Å². The summed E-state index contributed by atoms with van der Waals surface area (Å²) in [5.74, 6) is 0.146. The molecule has 1 aromatic rings. The Morgan fingerprint density at radius 2 is 1.58 bits per heavy atom. The van der Waals surface area contributed by atoms with Gasteiger partial charge in [-0.15, -0.1) is 0 Å². The van der Waals surface area contributed by atoms with Gasteiger partial charge in [-0.1, -0.05) is 19.3 Å². The van der Waals surface area contributed by atoms with Crippen molar-refractivity contribution in [1.82, 2.24) is 10.2 Å². The number of carbonyl (C=O) groups excluding carboxylic acids is 2. The van der Waals surface area contributed by atoms with Crippen molar-refractivity contribution in [2.24, 2.45) is 0 Å². The maximum Gasteiger partial charge on any atom is 0.251 e. The molecule has 2 fully saturated rings. The zero-order chi connectivity index (χ0) is 16.8. The molecule has 0 aromatic heterocycles. The van der Waals surface area contributed by atoms with E-state index in [4.69, 9.17) is 0 Å². The van der Waals surface area contributed by atoms with Gasteiger partial charge in [-0.3, -0.25) is 9.59 Å². The van der Waals surface area contributed by atoms with Crippen molar-refractivity contribution < 1.29 is 9.59 Å².